The van der Waals surface area contributed by atoms with Crippen LogP contribution in [0.5, 0.6) is 11.5 Å². The average molecular weight is 482 g/mol. The molecular weight excluding hydrogens is 466 g/mol. The lowest BCUT2D eigenvalue weighted by Crippen LogP contribution is -2.32. The van der Waals surface area contributed by atoms with Crippen LogP contribution in [0.3, 0.4) is 0 Å². The number of halogens is 1. The van der Waals surface area contributed by atoms with E-state index in [0.29, 0.717) is 33.1 Å². The monoisotopic (exact) mass is 481 g/mol. The molecule has 8 nitrogen and oxygen atoms in total. The van der Waals surface area contributed by atoms with E-state index >= 15 is 0 Å². The molecule has 1 aliphatic rings. The van der Waals surface area contributed by atoms with Crippen LogP contribution in [0.15, 0.2) is 80.5 Å². The molecule has 156 valence electrons. The molecule has 0 unspecified atom stereocenters. The number of nitrogens with one attached hydrogen (secondary N) is 2. The number of hydrogen-bond acceptors (Lipinski definition) is 6. The fraction of sp³-hybridized carbons (Fsp3) is 0.0455. The van der Waals surface area contributed by atoms with Crippen molar-refractivity contribution in [2.75, 3.05) is 6.79 Å². The molecule has 1 aliphatic heterocycles. The highest BCUT2D eigenvalue weighted by Gasteiger charge is 2.16. The van der Waals surface area contributed by atoms with Gasteiger partial charge >= 0.3 is 0 Å². The van der Waals surface area contributed by atoms with Gasteiger partial charge in [0.1, 0.15) is 11.5 Å². The normalized spacial score (nSPS) is 12.7. The average Bonchev–Trinajstić information content (AvgIpc) is 3.42. The second-order valence-corrected chi connectivity index (χ2v) is 7.11. The van der Waals surface area contributed by atoms with Crippen LogP contribution >= 0.6 is 15.9 Å². The van der Waals surface area contributed by atoms with Gasteiger partial charge in [0.25, 0.3) is 11.8 Å². The Bertz CT molecular complexity index is 1170. The fourth-order valence-electron chi connectivity index (χ4n) is 2.72. The predicted molar refractivity (Wildman–Crippen MR) is 117 cm³/mol. The Morgan fingerprint density at radius 2 is 1.81 bits per heavy atom. The molecule has 0 bridgehead atoms. The van der Waals surface area contributed by atoms with Crippen LogP contribution in [-0.2, 0) is 4.79 Å². The SMILES string of the molecule is O=C(N/N=C\c1ccc(Br)o1)/C(=C\c1ccc2c(c1)OCO2)NC(=O)c1ccccc1. The van der Waals surface area contributed by atoms with Crippen LogP contribution in [0.1, 0.15) is 21.7 Å². The highest BCUT2D eigenvalue weighted by molar-refractivity contribution is 9.10. The molecule has 0 atom stereocenters. The topological polar surface area (TPSA) is 102 Å². The van der Waals surface area contributed by atoms with Crippen LogP contribution in [0.4, 0.5) is 0 Å². The minimum atomic E-state index is -0.608. The summed E-state index contributed by atoms with van der Waals surface area (Å²) in [5, 5.41) is 6.51. The Kier molecular flexibility index (Phi) is 6.13. The molecule has 0 saturated carbocycles. The molecule has 3 aromatic rings. The number of amides is 2. The lowest BCUT2D eigenvalue weighted by atomic mass is 10.1. The number of carbonyl (C=O) groups excluding carboxylic acids is 2. The Hall–Kier alpha value is -3.85. The molecule has 0 aliphatic carbocycles. The third kappa shape index (κ3) is 5.20. The molecule has 1 aromatic heterocycles. The molecule has 0 saturated heterocycles. The zero-order valence-corrected chi connectivity index (χ0v) is 17.6. The summed E-state index contributed by atoms with van der Waals surface area (Å²) in [6, 6.07) is 17.2. The lowest BCUT2D eigenvalue weighted by Gasteiger charge is -2.09. The van der Waals surface area contributed by atoms with Gasteiger partial charge in [-0.3, -0.25) is 9.59 Å². The number of ether oxygens (including phenoxy) is 2. The van der Waals surface area contributed by atoms with Gasteiger partial charge in [0.2, 0.25) is 6.79 Å². The maximum atomic E-state index is 12.7. The van der Waals surface area contributed by atoms with E-state index in [9.17, 15) is 9.59 Å². The van der Waals surface area contributed by atoms with Crippen molar-refractivity contribution >= 4 is 40.0 Å². The van der Waals surface area contributed by atoms with E-state index in [1.807, 2.05) is 0 Å². The first-order valence-corrected chi connectivity index (χ1v) is 9.94. The molecule has 2 heterocycles. The van der Waals surface area contributed by atoms with Crippen LogP contribution in [0, 0.1) is 0 Å². The highest BCUT2D eigenvalue weighted by atomic mass is 79.9. The molecular formula is C22H16BrN3O5. The van der Waals surface area contributed by atoms with E-state index in [2.05, 4.69) is 31.8 Å². The minimum Gasteiger partial charge on any atom is -0.454 e. The van der Waals surface area contributed by atoms with Gasteiger partial charge in [-0.05, 0) is 64.0 Å². The number of fused-ring (bicyclic) bond motifs is 1. The van der Waals surface area contributed by atoms with Gasteiger partial charge in [-0.25, -0.2) is 5.43 Å². The van der Waals surface area contributed by atoms with Crippen LogP contribution < -0.4 is 20.2 Å². The summed E-state index contributed by atoms with van der Waals surface area (Å²) in [6.07, 6.45) is 2.87. The number of carbonyl (C=O) groups is 2. The maximum absolute atomic E-state index is 12.7. The van der Waals surface area contributed by atoms with Gasteiger partial charge < -0.3 is 19.2 Å². The second-order valence-electron chi connectivity index (χ2n) is 6.33. The summed E-state index contributed by atoms with van der Waals surface area (Å²) in [4.78, 5) is 25.3. The van der Waals surface area contributed by atoms with E-state index in [-0.39, 0.29) is 12.5 Å². The number of hydrogen-bond donors (Lipinski definition) is 2. The van der Waals surface area contributed by atoms with Crippen molar-refractivity contribution < 1.29 is 23.5 Å². The van der Waals surface area contributed by atoms with Gasteiger partial charge in [-0.2, -0.15) is 5.10 Å². The predicted octanol–water partition coefficient (Wildman–Crippen LogP) is 3.69. The van der Waals surface area contributed by atoms with Crippen molar-refractivity contribution in [3.8, 4) is 11.5 Å². The fourth-order valence-corrected chi connectivity index (χ4v) is 3.04. The maximum Gasteiger partial charge on any atom is 0.287 e. The van der Waals surface area contributed by atoms with Crippen molar-refractivity contribution in [1.29, 1.82) is 0 Å². The quantitative estimate of drug-likeness (QED) is 0.317. The first-order valence-electron chi connectivity index (χ1n) is 9.15. The molecule has 4 rings (SSSR count). The second kappa shape index (κ2) is 9.31. The Balaban J connectivity index is 1.56. The Morgan fingerprint density at radius 1 is 1.00 bits per heavy atom. The largest absolute Gasteiger partial charge is 0.454 e. The molecule has 2 N–H and O–H groups in total. The van der Waals surface area contributed by atoms with E-state index in [0.717, 1.165) is 0 Å². The summed E-state index contributed by atoms with van der Waals surface area (Å²) in [6.45, 7) is 0.137. The Morgan fingerprint density at radius 3 is 2.58 bits per heavy atom. The number of furan rings is 1. The first-order chi connectivity index (χ1) is 15.1. The minimum absolute atomic E-state index is 0.00509. The molecule has 2 aromatic carbocycles. The Labute approximate surface area is 185 Å². The summed E-state index contributed by atoms with van der Waals surface area (Å²) in [5.74, 6) is 0.585. The van der Waals surface area contributed by atoms with E-state index in [1.54, 1.807) is 60.7 Å². The van der Waals surface area contributed by atoms with Gasteiger partial charge in [-0.1, -0.05) is 24.3 Å². The van der Waals surface area contributed by atoms with Crippen LogP contribution in [0.25, 0.3) is 6.08 Å². The lowest BCUT2D eigenvalue weighted by molar-refractivity contribution is -0.117. The van der Waals surface area contributed by atoms with Gasteiger partial charge in [0, 0.05) is 5.56 Å². The number of hydrazone groups is 1. The zero-order chi connectivity index (χ0) is 21.6. The van der Waals surface area contributed by atoms with E-state index in [4.69, 9.17) is 13.9 Å². The number of rotatable bonds is 6. The first kappa shape index (κ1) is 20.4. The van der Waals surface area contributed by atoms with Gasteiger partial charge in [0.15, 0.2) is 16.2 Å². The van der Waals surface area contributed by atoms with Crippen molar-refractivity contribution in [2.24, 2.45) is 5.10 Å². The van der Waals surface area contributed by atoms with Crippen molar-refractivity contribution in [1.82, 2.24) is 10.7 Å². The smallest absolute Gasteiger partial charge is 0.287 e. The summed E-state index contributed by atoms with van der Waals surface area (Å²) in [7, 11) is 0. The van der Waals surface area contributed by atoms with Crippen LogP contribution in [0.2, 0.25) is 0 Å². The van der Waals surface area contributed by atoms with Crippen molar-refractivity contribution in [3.63, 3.8) is 0 Å². The summed E-state index contributed by atoms with van der Waals surface area (Å²) in [5.41, 5.74) is 3.44. The van der Waals surface area contributed by atoms with Crippen LogP contribution in [-0.4, -0.2) is 24.8 Å². The highest BCUT2D eigenvalue weighted by Crippen LogP contribution is 2.33. The standard InChI is InChI=1S/C22H16BrN3O5/c23-20-9-7-16(31-20)12-24-26-22(28)17(25-21(27)15-4-2-1-3-5-15)10-14-6-8-18-19(11-14)30-13-29-18/h1-12H,13H2,(H,25,27)(H,26,28)/b17-10+,24-12-. The zero-order valence-electron chi connectivity index (χ0n) is 16.0. The molecule has 2 amide bonds. The molecule has 31 heavy (non-hydrogen) atoms. The molecule has 9 heteroatoms. The summed E-state index contributed by atoms with van der Waals surface area (Å²) < 4.78 is 16.5. The van der Waals surface area contributed by atoms with Crippen molar-refractivity contribution in [2.45, 2.75) is 0 Å². The van der Waals surface area contributed by atoms with Gasteiger partial charge in [-0.15, -0.1) is 0 Å². The van der Waals surface area contributed by atoms with Crippen molar-refractivity contribution in [3.05, 3.63) is 87.9 Å². The molecule has 0 radical (unpaired) electrons. The third-order valence-electron chi connectivity index (χ3n) is 4.19. The summed E-state index contributed by atoms with van der Waals surface area (Å²) >= 11 is 3.19. The van der Waals surface area contributed by atoms with E-state index < -0.39 is 11.8 Å². The molecule has 0 spiro atoms. The van der Waals surface area contributed by atoms with E-state index in [1.165, 1.54) is 12.3 Å². The number of nitrogens with zero attached hydrogens (tertiary/aromatic N) is 1. The van der Waals surface area contributed by atoms with Gasteiger partial charge in [0.05, 0.1) is 6.21 Å². The third-order valence-corrected chi connectivity index (χ3v) is 4.61. The molecule has 0 fully saturated rings. The number of benzene rings is 2.